The van der Waals surface area contributed by atoms with Crippen LogP contribution >= 0.6 is 0 Å². The van der Waals surface area contributed by atoms with E-state index in [1.165, 1.54) is 37.9 Å². The zero-order chi connectivity index (χ0) is 12.3. The summed E-state index contributed by atoms with van der Waals surface area (Å²) >= 11 is 0. The lowest BCUT2D eigenvalue weighted by Crippen LogP contribution is -2.44. The number of hydrogen-bond acceptors (Lipinski definition) is 2. The first-order valence-electron chi connectivity index (χ1n) is 7.51. The van der Waals surface area contributed by atoms with Crippen molar-refractivity contribution in [2.75, 3.05) is 0 Å². The van der Waals surface area contributed by atoms with E-state index in [4.69, 9.17) is 5.73 Å². The number of nitrogens with one attached hydrogen (secondary N) is 1. The highest BCUT2D eigenvalue weighted by atomic mass is 14.9. The van der Waals surface area contributed by atoms with Gasteiger partial charge in [-0.3, -0.25) is 0 Å². The molecule has 1 aromatic rings. The van der Waals surface area contributed by atoms with E-state index in [-0.39, 0.29) is 6.04 Å². The van der Waals surface area contributed by atoms with Gasteiger partial charge in [-0.05, 0) is 62.7 Å². The van der Waals surface area contributed by atoms with Gasteiger partial charge in [0, 0.05) is 18.2 Å². The van der Waals surface area contributed by atoms with Gasteiger partial charge in [-0.15, -0.1) is 0 Å². The van der Waals surface area contributed by atoms with Gasteiger partial charge in [-0.1, -0.05) is 0 Å². The van der Waals surface area contributed by atoms with E-state index in [2.05, 4.69) is 9.97 Å². The molecule has 4 aliphatic carbocycles. The molecule has 3 heteroatoms. The van der Waals surface area contributed by atoms with E-state index in [0.717, 1.165) is 29.4 Å². The molecule has 18 heavy (non-hydrogen) atoms. The molecule has 1 atom stereocenters. The standard InChI is InChI=1S/C15H23N3/c1-8(16)13-7-17-15(18-13)14-11-3-9-2-10(5-11)6-12(14)4-9/h7-12,14H,2-6,16H2,1H3,(H,17,18). The molecule has 4 bridgehead atoms. The van der Waals surface area contributed by atoms with Crippen molar-refractivity contribution in [3.63, 3.8) is 0 Å². The van der Waals surface area contributed by atoms with Crippen LogP contribution in [-0.2, 0) is 0 Å². The molecule has 3 N–H and O–H groups in total. The maximum Gasteiger partial charge on any atom is 0.109 e. The molecule has 0 spiro atoms. The van der Waals surface area contributed by atoms with E-state index < -0.39 is 0 Å². The van der Waals surface area contributed by atoms with Gasteiger partial charge in [-0.2, -0.15) is 0 Å². The maximum absolute atomic E-state index is 5.93. The average Bonchev–Trinajstić information content (AvgIpc) is 2.77. The lowest BCUT2D eigenvalue weighted by atomic mass is 9.52. The molecule has 3 nitrogen and oxygen atoms in total. The molecule has 98 valence electrons. The molecule has 4 aliphatic rings. The Kier molecular flexibility index (Phi) is 2.35. The van der Waals surface area contributed by atoms with Crippen molar-refractivity contribution in [1.82, 2.24) is 9.97 Å². The van der Waals surface area contributed by atoms with Crippen LogP contribution in [0.3, 0.4) is 0 Å². The second-order valence-electron chi connectivity index (χ2n) is 6.97. The zero-order valence-corrected chi connectivity index (χ0v) is 11.1. The molecular weight excluding hydrogens is 222 g/mol. The maximum atomic E-state index is 5.93. The molecule has 0 aromatic carbocycles. The van der Waals surface area contributed by atoms with E-state index >= 15 is 0 Å². The Labute approximate surface area is 109 Å². The Morgan fingerprint density at radius 3 is 2.28 bits per heavy atom. The first kappa shape index (κ1) is 11.0. The quantitative estimate of drug-likeness (QED) is 0.841. The molecule has 1 heterocycles. The van der Waals surface area contributed by atoms with E-state index in [0.29, 0.717) is 5.92 Å². The van der Waals surface area contributed by atoms with Crippen LogP contribution in [-0.4, -0.2) is 9.97 Å². The summed E-state index contributed by atoms with van der Waals surface area (Å²) < 4.78 is 0. The van der Waals surface area contributed by atoms with Crippen LogP contribution in [0.15, 0.2) is 6.20 Å². The first-order chi connectivity index (χ1) is 8.70. The predicted molar refractivity (Wildman–Crippen MR) is 71.0 cm³/mol. The molecule has 1 unspecified atom stereocenters. The fraction of sp³-hybridized carbons (Fsp3) is 0.800. The van der Waals surface area contributed by atoms with Crippen molar-refractivity contribution in [3.05, 3.63) is 17.7 Å². The van der Waals surface area contributed by atoms with Crippen molar-refractivity contribution < 1.29 is 0 Å². The van der Waals surface area contributed by atoms with E-state index in [9.17, 15) is 0 Å². The highest BCUT2D eigenvalue weighted by Crippen LogP contribution is 2.59. The van der Waals surface area contributed by atoms with Crippen molar-refractivity contribution in [1.29, 1.82) is 0 Å². The first-order valence-corrected chi connectivity index (χ1v) is 7.51. The normalized spacial score (nSPS) is 43.3. The largest absolute Gasteiger partial charge is 0.344 e. The highest BCUT2D eigenvalue weighted by molar-refractivity contribution is 5.15. The SMILES string of the molecule is CC(N)c1cnc(C2C3CC4CC(C3)CC2C4)[nH]1. The summed E-state index contributed by atoms with van der Waals surface area (Å²) in [5.41, 5.74) is 7.03. The van der Waals surface area contributed by atoms with Crippen LogP contribution in [0.1, 0.15) is 62.5 Å². The molecule has 4 fully saturated rings. The molecular formula is C15H23N3. The second-order valence-corrected chi connectivity index (χ2v) is 6.97. The minimum absolute atomic E-state index is 0.0723. The summed E-state index contributed by atoms with van der Waals surface area (Å²) in [6.07, 6.45) is 9.27. The number of H-pyrrole nitrogens is 1. The van der Waals surface area contributed by atoms with Crippen LogP contribution < -0.4 is 5.73 Å². The summed E-state index contributed by atoms with van der Waals surface area (Å²) in [7, 11) is 0. The van der Waals surface area contributed by atoms with E-state index in [1.54, 1.807) is 0 Å². The summed E-state index contributed by atoms with van der Waals surface area (Å²) in [4.78, 5) is 8.15. The number of imidazole rings is 1. The fourth-order valence-electron chi connectivity index (χ4n) is 5.12. The minimum atomic E-state index is 0.0723. The van der Waals surface area contributed by atoms with Gasteiger partial charge in [0.05, 0.1) is 5.69 Å². The van der Waals surface area contributed by atoms with Gasteiger partial charge in [0.2, 0.25) is 0 Å². The van der Waals surface area contributed by atoms with Gasteiger partial charge < -0.3 is 10.7 Å². The van der Waals surface area contributed by atoms with Crippen molar-refractivity contribution >= 4 is 0 Å². The van der Waals surface area contributed by atoms with Crippen LogP contribution in [0.25, 0.3) is 0 Å². The number of nitrogens with zero attached hydrogens (tertiary/aromatic N) is 1. The van der Waals surface area contributed by atoms with Gasteiger partial charge in [0.25, 0.3) is 0 Å². The van der Waals surface area contributed by atoms with Crippen molar-refractivity contribution in [2.45, 2.75) is 51.0 Å². The third-order valence-electron chi connectivity index (χ3n) is 5.65. The molecule has 1 aromatic heterocycles. The molecule has 4 saturated carbocycles. The van der Waals surface area contributed by atoms with Crippen molar-refractivity contribution in [2.24, 2.45) is 29.4 Å². The Hall–Kier alpha value is -0.830. The third-order valence-corrected chi connectivity index (χ3v) is 5.65. The molecule has 0 radical (unpaired) electrons. The average molecular weight is 245 g/mol. The summed E-state index contributed by atoms with van der Waals surface area (Å²) in [5, 5.41) is 0. The molecule has 0 aliphatic heterocycles. The Morgan fingerprint density at radius 1 is 1.17 bits per heavy atom. The Morgan fingerprint density at radius 2 is 1.78 bits per heavy atom. The summed E-state index contributed by atoms with van der Waals surface area (Å²) in [5.74, 6) is 5.79. The Bertz CT molecular complexity index is 420. The second kappa shape index (κ2) is 3.83. The fourth-order valence-corrected chi connectivity index (χ4v) is 5.12. The number of hydrogen-bond donors (Lipinski definition) is 2. The Balaban J connectivity index is 1.64. The minimum Gasteiger partial charge on any atom is -0.344 e. The predicted octanol–water partition coefficient (Wildman–Crippen LogP) is 2.97. The summed E-state index contributed by atoms with van der Waals surface area (Å²) in [6, 6.07) is 0.0723. The van der Waals surface area contributed by atoms with Gasteiger partial charge in [0.1, 0.15) is 5.82 Å². The van der Waals surface area contributed by atoms with Crippen LogP contribution in [0.4, 0.5) is 0 Å². The molecule has 5 rings (SSSR count). The van der Waals surface area contributed by atoms with Crippen molar-refractivity contribution in [3.8, 4) is 0 Å². The number of aromatic amines is 1. The number of rotatable bonds is 2. The van der Waals surface area contributed by atoms with Gasteiger partial charge in [-0.25, -0.2) is 4.98 Å². The molecule has 0 amide bonds. The van der Waals surface area contributed by atoms with Gasteiger partial charge >= 0.3 is 0 Å². The van der Waals surface area contributed by atoms with Crippen LogP contribution in [0.5, 0.6) is 0 Å². The lowest BCUT2D eigenvalue weighted by Gasteiger charge is -2.53. The highest BCUT2D eigenvalue weighted by Gasteiger charge is 2.49. The topological polar surface area (TPSA) is 54.7 Å². The van der Waals surface area contributed by atoms with Crippen LogP contribution in [0, 0.1) is 23.7 Å². The number of nitrogens with two attached hydrogens (primary N) is 1. The summed E-state index contributed by atoms with van der Waals surface area (Å²) in [6.45, 7) is 2.02. The third kappa shape index (κ3) is 1.56. The molecule has 0 saturated heterocycles. The number of aromatic nitrogens is 2. The monoisotopic (exact) mass is 245 g/mol. The zero-order valence-electron chi connectivity index (χ0n) is 11.1. The lowest BCUT2D eigenvalue weighted by molar-refractivity contribution is -0.00542. The smallest absolute Gasteiger partial charge is 0.109 e. The van der Waals surface area contributed by atoms with Gasteiger partial charge in [0.15, 0.2) is 0 Å². The van der Waals surface area contributed by atoms with Crippen LogP contribution in [0.2, 0.25) is 0 Å². The van der Waals surface area contributed by atoms with E-state index in [1.807, 2.05) is 13.1 Å².